The van der Waals surface area contributed by atoms with Crippen LogP contribution in [-0.2, 0) is 16.1 Å². The summed E-state index contributed by atoms with van der Waals surface area (Å²) < 4.78 is 17.5. The van der Waals surface area contributed by atoms with Gasteiger partial charge in [-0.15, -0.1) is 0 Å². The Bertz CT molecular complexity index is 1160. The van der Waals surface area contributed by atoms with Crippen LogP contribution in [0.3, 0.4) is 0 Å². The molecule has 0 aromatic heterocycles. The first-order valence-corrected chi connectivity index (χ1v) is 10.9. The van der Waals surface area contributed by atoms with E-state index < -0.39 is 5.92 Å². The zero-order valence-electron chi connectivity index (χ0n) is 17.7. The van der Waals surface area contributed by atoms with Crippen LogP contribution >= 0.6 is 11.6 Å². The molecule has 1 heterocycles. The van der Waals surface area contributed by atoms with Gasteiger partial charge in [-0.05, 0) is 48.7 Å². The first-order chi connectivity index (χ1) is 15.5. The number of nitrogens with zero attached hydrogens (tertiary/aromatic N) is 1. The third-order valence-corrected chi connectivity index (χ3v) is 5.72. The molecule has 0 spiro atoms. The SMILES string of the molecule is CCOc1cc([C@H]2C(C#N)=C(N)OC3=C2C(=O)CCC3)ccc1OCc1cccc(Cl)c1. The Hall–Kier alpha value is -3.43. The highest BCUT2D eigenvalue weighted by molar-refractivity contribution is 6.30. The van der Waals surface area contributed by atoms with Crippen molar-refractivity contribution >= 4 is 17.4 Å². The maximum atomic E-state index is 12.8. The number of halogens is 1. The molecule has 0 unspecified atom stereocenters. The smallest absolute Gasteiger partial charge is 0.205 e. The van der Waals surface area contributed by atoms with E-state index in [2.05, 4.69) is 6.07 Å². The van der Waals surface area contributed by atoms with Crippen LogP contribution in [0.5, 0.6) is 11.5 Å². The maximum absolute atomic E-state index is 12.8. The Morgan fingerprint density at radius 3 is 2.78 bits per heavy atom. The lowest BCUT2D eigenvalue weighted by Gasteiger charge is -2.31. The summed E-state index contributed by atoms with van der Waals surface area (Å²) in [5.74, 6) is 1.09. The summed E-state index contributed by atoms with van der Waals surface area (Å²) in [6, 6.07) is 15.0. The summed E-state index contributed by atoms with van der Waals surface area (Å²) in [6.07, 6.45) is 1.76. The maximum Gasteiger partial charge on any atom is 0.205 e. The highest BCUT2D eigenvalue weighted by atomic mass is 35.5. The zero-order valence-corrected chi connectivity index (χ0v) is 18.4. The van der Waals surface area contributed by atoms with E-state index in [1.165, 1.54) is 0 Å². The summed E-state index contributed by atoms with van der Waals surface area (Å²) in [6.45, 7) is 2.63. The fourth-order valence-electron chi connectivity index (χ4n) is 4.07. The van der Waals surface area contributed by atoms with E-state index in [0.717, 1.165) is 11.1 Å². The highest BCUT2D eigenvalue weighted by Crippen LogP contribution is 2.45. The predicted molar refractivity (Wildman–Crippen MR) is 120 cm³/mol. The lowest BCUT2D eigenvalue weighted by Crippen LogP contribution is -2.27. The molecule has 32 heavy (non-hydrogen) atoms. The van der Waals surface area contributed by atoms with Gasteiger partial charge in [0.15, 0.2) is 17.3 Å². The van der Waals surface area contributed by atoms with Gasteiger partial charge in [-0.3, -0.25) is 4.79 Å². The first-order valence-electron chi connectivity index (χ1n) is 10.5. The fraction of sp³-hybridized carbons (Fsp3) is 0.280. The summed E-state index contributed by atoms with van der Waals surface area (Å²) in [4.78, 5) is 12.8. The molecular formula is C25H23ClN2O4. The van der Waals surface area contributed by atoms with Crippen molar-refractivity contribution in [3.8, 4) is 17.6 Å². The molecule has 0 radical (unpaired) electrons. The van der Waals surface area contributed by atoms with E-state index in [-0.39, 0.29) is 17.2 Å². The standard InChI is InChI=1S/C25H23ClN2O4/c1-2-30-22-12-16(9-10-20(22)31-14-15-5-3-6-17(26)11-15)23-18(13-27)25(28)32-21-8-4-7-19(29)24(21)23/h3,5-6,9-12,23H,2,4,7-8,14,28H2,1H3/t23-/m0/s1. The first kappa shape index (κ1) is 21.8. The number of benzene rings is 2. The van der Waals surface area contributed by atoms with Crippen LogP contribution in [0, 0.1) is 11.3 Å². The van der Waals surface area contributed by atoms with E-state index in [0.29, 0.717) is 60.3 Å². The van der Waals surface area contributed by atoms with E-state index >= 15 is 0 Å². The van der Waals surface area contributed by atoms with Crippen LogP contribution in [0.25, 0.3) is 0 Å². The van der Waals surface area contributed by atoms with E-state index in [4.69, 9.17) is 31.5 Å². The van der Waals surface area contributed by atoms with Gasteiger partial charge < -0.3 is 19.9 Å². The molecule has 6 nitrogen and oxygen atoms in total. The summed E-state index contributed by atoms with van der Waals surface area (Å²) >= 11 is 6.06. The molecule has 0 bridgehead atoms. The number of ketones is 1. The average molecular weight is 451 g/mol. The van der Waals surface area contributed by atoms with Gasteiger partial charge in [0, 0.05) is 23.4 Å². The number of carbonyl (C=O) groups is 1. The lowest BCUT2D eigenvalue weighted by molar-refractivity contribution is -0.116. The second-order valence-electron chi connectivity index (χ2n) is 7.60. The minimum atomic E-state index is -0.585. The number of nitrogens with two attached hydrogens (primary N) is 1. The van der Waals surface area contributed by atoms with Gasteiger partial charge in [0.05, 0.1) is 12.5 Å². The molecule has 2 aromatic rings. The monoisotopic (exact) mass is 450 g/mol. The van der Waals surface area contributed by atoms with Crippen molar-refractivity contribution < 1.29 is 19.0 Å². The highest BCUT2D eigenvalue weighted by Gasteiger charge is 2.38. The van der Waals surface area contributed by atoms with E-state index in [1.807, 2.05) is 37.3 Å². The second kappa shape index (κ2) is 9.37. The van der Waals surface area contributed by atoms with Crippen molar-refractivity contribution in [2.24, 2.45) is 5.73 Å². The molecule has 164 valence electrons. The number of allylic oxidation sites excluding steroid dienone is 3. The Morgan fingerprint density at radius 2 is 2.03 bits per heavy atom. The minimum absolute atomic E-state index is 0.0178. The molecular weight excluding hydrogens is 428 g/mol. The number of Topliss-reactive ketones (excluding diaryl/α,β-unsaturated/α-hetero) is 1. The van der Waals surface area contributed by atoms with Gasteiger partial charge in [-0.2, -0.15) is 5.26 Å². The molecule has 1 aliphatic carbocycles. The van der Waals surface area contributed by atoms with Crippen molar-refractivity contribution in [2.45, 2.75) is 38.7 Å². The Morgan fingerprint density at radius 1 is 1.19 bits per heavy atom. The van der Waals surface area contributed by atoms with Gasteiger partial charge >= 0.3 is 0 Å². The van der Waals surface area contributed by atoms with Crippen molar-refractivity contribution in [3.63, 3.8) is 0 Å². The van der Waals surface area contributed by atoms with Crippen LogP contribution in [0.15, 0.2) is 65.3 Å². The molecule has 0 saturated carbocycles. The largest absolute Gasteiger partial charge is 0.490 e. The minimum Gasteiger partial charge on any atom is -0.490 e. The quantitative estimate of drug-likeness (QED) is 0.655. The molecule has 4 rings (SSSR count). The molecule has 0 saturated heterocycles. The van der Waals surface area contributed by atoms with E-state index in [9.17, 15) is 10.1 Å². The molecule has 2 aromatic carbocycles. The lowest BCUT2D eigenvalue weighted by atomic mass is 9.77. The topological polar surface area (TPSA) is 94.6 Å². The molecule has 7 heteroatoms. The van der Waals surface area contributed by atoms with Crippen LogP contribution < -0.4 is 15.2 Å². The van der Waals surface area contributed by atoms with Crippen molar-refractivity contribution in [1.29, 1.82) is 5.26 Å². The van der Waals surface area contributed by atoms with E-state index in [1.54, 1.807) is 12.1 Å². The van der Waals surface area contributed by atoms with Gasteiger partial charge in [0.2, 0.25) is 5.88 Å². The Balaban J connectivity index is 1.70. The number of carbonyl (C=O) groups excluding carboxylic acids is 1. The van der Waals surface area contributed by atoms with Gasteiger partial charge in [-0.1, -0.05) is 29.8 Å². The fourth-order valence-corrected chi connectivity index (χ4v) is 4.28. The average Bonchev–Trinajstić information content (AvgIpc) is 2.78. The van der Waals surface area contributed by atoms with Crippen molar-refractivity contribution in [3.05, 3.63) is 81.4 Å². The van der Waals surface area contributed by atoms with Crippen molar-refractivity contribution in [1.82, 2.24) is 0 Å². The third kappa shape index (κ3) is 4.30. The zero-order chi connectivity index (χ0) is 22.7. The molecule has 2 N–H and O–H groups in total. The van der Waals surface area contributed by atoms with Crippen molar-refractivity contribution in [2.75, 3.05) is 6.61 Å². The van der Waals surface area contributed by atoms with Crippen LogP contribution in [0.1, 0.15) is 43.2 Å². The third-order valence-electron chi connectivity index (χ3n) is 5.49. The summed E-state index contributed by atoms with van der Waals surface area (Å²) in [7, 11) is 0. The predicted octanol–water partition coefficient (Wildman–Crippen LogP) is 5.13. The molecule has 1 aliphatic heterocycles. The number of hydrogen-bond acceptors (Lipinski definition) is 6. The van der Waals surface area contributed by atoms with Crippen LogP contribution in [0.4, 0.5) is 0 Å². The van der Waals surface area contributed by atoms with Crippen LogP contribution in [-0.4, -0.2) is 12.4 Å². The number of hydrogen-bond donors (Lipinski definition) is 1. The molecule has 0 amide bonds. The molecule has 1 atom stereocenters. The Kier molecular flexibility index (Phi) is 6.38. The Labute approximate surface area is 191 Å². The normalized spacial score (nSPS) is 18.0. The number of nitriles is 1. The van der Waals surface area contributed by atoms with Gasteiger partial charge in [0.1, 0.15) is 24.0 Å². The van der Waals surface area contributed by atoms with Gasteiger partial charge in [-0.25, -0.2) is 0 Å². The summed E-state index contributed by atoms with van der Waals surface area (Å²) in [5, 5.41) is 10.4. The number of ether oxygens (including phenoxy) is 3. The van der Waals surface area contributed by atoms with Gasteiger partial charge in [0.25, 0.3) is 0 Å². The number of rotatable bonds is 6. The van der Waals surface area contributed by atoms with Crippen LogP contribution in [0.2, 0.25) is 5.02 Å². The molecule has 2 aliphatic rings. The molecule has 0 fully saturated rings. The second-order valence-corrected chi connectivity index (χ2v) is 8.03. The summed E-state index contributed by atoms with van der Waals surface area (Å²) in [5.41, 5.74) is 8.44.